The third-order valence-electron chi connectivity index (χ3n) is 3.98. The van der Waals surface area contributed by atoms with E-state index >= 15 is 0 Å². The van der Waals surface area contributed by atoms with Crippen molar-refractivity contribution in [2.24, 2.45) is 0 Å². The van der Waals surface area contributed by atoms with Crippen molar-refractivity contribution in [3.05, 3.63) is 57.3 Å². The molecule has 0 saturated carbocycles. The highest BCUT2D eigenvalue weighted by Crippen LogP contribution is 2.43. The van der Waals surface area contributed by atoms with Crippen LogP contribution in [-0.4, -0.2) is 0 Å². The Morgan fingerprint density at radius 3 is 2.74 bits per heavy atom. The van der Waals surface area contributed by atoms with Crippen LogP contribution in [0.4, 0.5) is 0 Å². The maximum Gasteiger partial charge on any atom is 0.0340 e. The molecule has 98 valence electrons. The van der Waals surface area contributed by atoms with E-state index in [1.165, 1.54) is 34.4 Å². The monoisotopic (exact) mass is 268 g/mol. The van der Waals surface area contributed by atoms with Crippen LogP contribution >= 0.6 is 11.3 Å². The van der Waals surface area contributed by atoms with Crippen LogP contribution in [0, 0.1) is 0 Å². The Labute approximate surface area is 119 Å². The van der Waals surface area contributed by atoms with E-state index in [1.54, 1.807) is 11.1 Å². The minimum Gasteiger partial charge on any atom is -0.144 e. The number of thiophene rings is 1. The predicted octanol–water partition coefficient (Wildman–Crippen LogP) is 5.58. The lowest BCUT2D eigenvalue weighted by Gasteiger charge is -2.08. The molecular formula is C18H20S. The smallest absolute Gasteiger partial charge is 0.0340 e. The summed E-state index contributed by atoms with van der Waals surface area (Å²) in [5.74, 6) is 0. The van der Waals surface area contributed by atoms with Crippen LogP contribution in [0.2, 0.25) is 0 Å². The number of benzene rings is 1. The van der Waals surface area contributed by atoms with Gasteiger partial charge in [-0.15, -0.1) is 11.3 Å². The fraction of sp³-hybridized carbons (Fsp3) is 0.333. The second-order valence-corrected chi connectivity index (χ2v) is 6.09. The summed E-state index contributed by atoms with van der Waals surface area (Å²) in [5, 5.41) is 2.24. The molecule has 1 aromatic heterocycles. The minimum atomic E-state index is 1.12. The summed E-state index contributed by atoms with van der Waals surface area (Å²) < 4.78 is 0. The highest BCUT2D eigenvalue weighted by molar-refractivity contribution is 7.11. The van der Waals surface area contributed by atoms with Crippen LogP contribution < -0.4 is 0 Å². The van der Waals surface area contributed by atoms with Crippen molar-refractivity contribution >= 4 is 22.5 Å². The van der Waals surface area contributed by atoms with Crippen molar-refractivity contribution in [2.45, 2.75) is 39.5 Å². The van der Waals surface area contributed by atoms with Crippen molar-refractivity contribution in [2.75, 3.05) is 0 Å². The van der Waals surface area contributed by atoms with Gasteiger partial charge in [-0.1, -0.05) is 44.5 Å². The van der Waals surface area contributed by atoms with Crippen LogP contribution in [0.1, 0.15) is 48.3 Å². The summed E-state index contributed by atoms with van der Waals surface area (Å²) >= 11 is 1.91. The van der Waals surface area contributed by atoms with E-state index in [4.69, 9.17) is 0 Å². The summed E-state index contributed by atoms with van der Waals surface area (Å²) in [6.07, 6.45) is 4.69. The zero-order valence-electron chi connectivity index (χ0n) is 11.7. The molecule has 0 amide bonds. The van der Waals surface area contributed by atoms with Crippen LogP contribution in [0.15, 0.2) is 35.7 Å². The SMILES string of the molecule is CCCC1=C(c2sccc2CC)Cc2ccccc21. The molecule has 1 aliphatic rings. The zero-order chi connectivity index (χ0) is 13.2. The van der Waals surface area contributed by atoms with Crippen LogP contribution in [0.5, 0.6) is 0 Å². The zero-order valence-corrected chi connectivity index (χ0v) is 12.5. The molecule has 3 rings (SSSR count). The van der Waals surface area contributed by atoms with Crippen molar-refractivity contribution in [1.29, 1.82) is 0 Å². The number of hydrogen-bond donors (Lipinski definition) is 0. The molecule has 1 heterocycles. The van der Waals surface area contributed by atoms with Crippen molar-refractivity contribution in [3.8, 4) is 0 Å². The molecule has 0 bridgehead atoms. The van der Waals surface area contributed by atoms with Gasteiger partial charge in [0.25, 0.3) is 0 Å². The molecule has 0 N–H and O–H groups in total. The average molecular weight is 268 g/mol. The van der Waals surface area contributed by atoms with Gasteiger partial charge in [0.1, 0.15) is 0 Å². The molecule has 1 aromatic carbocycles. The fourth-order valence-corrected chi connectivity index (χ4v) is 4.13. The van der Waals surface area contributed by atoms with Gasteiger partial charge in [-0.2, -0.15) is 0 Å². The molecule has 0 fully saturated rings. The summed E-state index contributed by atoms with van der Waals surface area (Å²) in [5.41, 5.74) is 7.71. The third kappa shape index (κ3) is 2.17. The Hall–Kier alpha value is -1.34. The molecule has 0 unspecified atom stereocenters. The maximum absolute atomic E-state index is 2.30. The van der Waals surface area contributed by atoms with Gasteiger partial charge < -0.3 is 0 Å². The summed E-state index contributed by atoms with van der Waals surface area (Å²) in [6, 6.07) is 11.2. The van der Waals surface area contributed by atoms with Crippen LogP contribution in [-0.2, 0) is 12.8 Å². The topological polar surface area (TPSA) is 0 Å². The maximum atomic E-state index is 2.30. The summed E-state index contributed by atoms with van der Waals surface area (Å²) in [7, 11) is 0. The molecule has 1 aliphatic carbocycles. The molecule has 0 spiro atoms. The van der Waals surface area contributed by atoms with Crippen LogP contribution in [0.3, 0.4) is 0 Å². The molecule has 0 nitrogen and oxygen atoms in total. The molecule has 0 atom stereocenters. The molecular weight excluding hydrogens is 248 g/mol. The normalized spacial score (nSPS) is 14.0. The Morgan fingerprint density at radius 1 is 1.11 bits per heavy atom. The van der Waals surface area contributed by atoms with E-state index in [0.29, 0.717) is 0 Å². The Balaban J connectivity index is 2.12. The highest BCUT2D eigenvalue weighted by Gasteiger charge is 2.23. The molecule has 2 aromatic rings. The molecule has 0 radical (unpaired) electrons. The van der Waals surface area contributed by atoms with E-state index in [0.717, 1.165) is 12.8 Å². The fourth-order valence-electron chi connectivity index (χ4n) is 3.06. The average Bonchev–Trinajstić information content (AvgIpc) is 3.03. The lowest BCUT2D eigenvalue weighted by molar-refractivity contribution is 0.976. The first-order valence-electron chi connectivity index (χ1n) is 7.22. The van der Waals surface area contributed by atoms with Gasteiger partial charge in [0, 0.05) is 4.88 Å². The number of hydrogen-bond acceptors (Lipinski definition) is 1. The first-order valence-corrected chi connectivity index (χ1v) is 8.10. The minimum absolute atomic E-state index is 1.12. The van der Waals surface area contributed by atoms with Gasteiger partial charge in [0.2, 0.25) is 0 Å². The van der Waals surface area contributed by atoms with E-state index < -0.39 is 0 Å². The first-order chi connectivity index (χ1) is 9.35. The summed E-state index contributed by atoms with van der Waals surface area (Å²) in [6.45, 7) is 4.54. The largest absolute Gasteiger partial charge is 0.144 e. The van der Waals surface area contributed by atoms with E-state index in [9.17, 15) is 0 Å². The number of fused-ring (bicyclic) bond motifs is 1. The van der Waals surface area contributed by atoms with Gasteiger partial charge in [0.05, 0.1) is 0 Å². The lowest BCUT2D eigenvalue weighted by Crippen LogP contribution is -1.88. The number of aryl methyl sites for hydroxylation is 1. The lowest BCUT2D eigenvalue weighted by atomic mass is 9.99. The van der Waals surface area contributed by atoms with Gasteiger partial charge in [0.15, 0.2) is 0 Å². The van der Waals surface area contributed by atoms with Crippen molar-refractivity contribution in [3.63, 3.8) is 0 Å². The Kier molecular flexibility index (Phi) is 3.56. The molecule has 1 heteroatoms. The first kappa shape index (κ1) is 12.7. The van der Waals surface area contributed by atoms with E-state index in [2.05, 4.69) is 49.6 Å². The number of rotatable bonds is 4. The van der Waals surface area contributed by atoms with Crippen molar-refractivity contribution in [1.82, 2.24) is 0 Å². The van der Waals surface area contributed by atoms with Gasteiger partial charge >= 0.3 is 0 Å². The quantitative estimate of drug-likeness (QED) is 0.679. The standard InChI is InChI=1S/C18H20S/c1-3-7-16-15-9-6-5-8-14(15)12-17(16)18-13(4-2)10-11-19-18/h5-6,8-11H,3-4,7,12H2,1-2H3. The Morgan fingerprint density at radius 2 is 1.95 bits per heavy atom. The van der Waals surface area contributed by atoms with Crippen LogP contribution in [0.25, 0.3) is 11.1 Å². The second-order valence-electron chi connectivity index (χ2n) is 5.17. The predicted molar refractivity (Wildman–Crippen MR) is 85.6 cm³/mol. The van der Waals surface area contributed by atoms with E-state index in [-0.39, 0.29) is 0 Å². The number of allylic oxidation sites excluding steroid dienone is 2. The molecule has 19 heavy (non-hydrogen) atoms. The van der Waals surface area contributed by atoms with E-state index in [1.807, 2.05) is 11.3 Å². The third-order valence-corrected chi connectivity index (χ3v) is 4.99. The molecule has 0 aliphatic heterocycles. The Bertz CT molecular complexity index is 616. The second kappa shape index (κ2) is 5.34. The van der Waals surface area contributed by atoms with Crippen molar-refractivity contribution < 1.29 is 0 Å². The highest BCUT2D eigenvalue weighted by atomic mass is 32.1. The summed E-state index contributed by atoms with van der Waals surface area (Å²) in [4.78, 5) is 1.53. The van der Waals surface area contributed by atoms with Gasteiger partial charge in [-0.05, 0) is 58.5 Å². The molecule has 0 saturated heterocycles. The van der Waals surface area contributed by atoms with Gasteiger partial charge in [-0.3, -0.25) is 0 Å². The van der Waals surface area contributed by atoms with Gasteiger partial charge in [-0.25, -0.2) is 0 Å².